The van der Waals surface area contributed by atoms with Gasteiger partial charge in [0.25, 0.3) is 0 Å². The first kappa shape index (κ1) is 38.0. The van der Waals surface area contributed by atoms with Crippen molar-refractivity contribution in [2.24, 2.45) is 5.73 Å². The van der Waals surface area contributed by atoms with Crippen molar-refractivity contribution in [3.8, 4) is 0 Å². The van der Waals surface area contributed by atoms with Gasteiger partial charge in [-0.25, -0.2) is 4.39 Å². The van der Waals surface area contributed by atoms with Crippen LogP contribution < -0.4 is 5.73 Å². The zero-order valence-corrected chi connectivity index (χ0v) is 28.5. The van der Waals surface area contributed by atoms with Crippen LogP contribution >= 0.6 is 0 Å². The number of rotatable bonds is 23. The number of hydrogen-bond donors (Lipinski definition) is 1. The summed E-state index contributed by atoms with van der Waals surface area (Å²) < 4.78 is 60.7. The topological polar surface area (TPSA) is 38.9 Å². The maximum absolute atomic E-state index is 15.3. The Kier molecular flexibility index (Phi) is 16.0. The lowest BCUT2D eigenvalue weighted by atomic mass is 9.64. The van der Waals surface area contributed by atoms with Crippen molar-refractivity contribution in [2.45, 2.75) is 159 Å². The molecule has 0 aliphatic rings. The molecular weight excluding hydrogens is 584 g/mol. The summed E-state index contributed by atoms with van der Waals surface area (Å²) in [5.41, 5.74) is 5.07. The smallest absolute Gasteiger partial charge is 0.317 e. The third-order valence-electron chi connectivity index (χ3n) is 9.92. The number of para-hydroxylation sites is 1. The van der Waals surface area contributed by atoms with Gasteiger partial charge in [0.2, 0.25) is 0 Å². The molecule has 0 aliphatic heterocycles. The molecule has 1 heterocycles. The lowest BCUT2D eigenvalue weighted by molar-refractivity contribution is -0.192. The van der Waals surface area contributed by atoms with Crippen LogP contribution in [0.25, 0.3) is 10.9 Å². The van der Waals surface area contributed by atoms with Crippen LogP contribution in [0.3, 0.4) is 0 Å². The lowest BCUT2D eigenvalue weighted by Crippen LogP contribution is -2.58. The van der Waals surface area contributed by atoms with E-state index in [1.165, 1.54) is 63.5 Å². The first-order valence-electron chi connectivity index (χ1n) is 18.1. The van der Waals surface area contributed by atoms with Crippen molar-refractivity contribution in [3.63, 3.8) is 0 Å². The summed E-state index contributed by atoms with van der Waals surface area (Å²) in [6.45, 7) is 4.40. The molecule has 2 N–H and O–H groups in total. The monoisotopic (exact) mass is 642 g/mol. The first-order chi connectivity index (χ1) is 22.1. The second kappa shape index (κ2) is 19.4. The highest BCUT2D eigenvalue weighted by atomic mass is 19.4. The average Bonchev–Trinajstić information content (AvgIpc) is 3.03. The molecule has 0 spiro atoms. The minimum Gasteiger partial charge on any atom is -0.317 e. The maximum Gasteiger partial charge on any atom is 0.406 e. The van der Waals surface area contributed by atoms with Gasteiger partial charge in [0.15, 0.2) is 0 Å². The molecule has 0 aliphatic carbocycles. The number of benzene rings is 2. The minimum absolute atomic E-state index is 0.281. The summed E-state index contributed by atoms with van der Waals surface area (Å²) in [7, 11) is 0. The van der Waals surface area contributed by atoms with Crippen LogP contribution in [0, 0.1) is 5.82 Å². The Morgan fingerprint density at radius 2 is 1.20 bits per heavy atom. The number of halogens is 4. The molecule has 256 valence electrons. The fourth-order valence-corrected chi connectivity index (χ4v) is 7.22. The third-order valence-corrected chi connectivity index (χ3v) is 9.92. The van der Waals surface area contributed by atoms with E-state index in [0.29, 0.717) is 34.9 Å². The molecule has 0 amide bonds. The summed E-state index contributed by atoms with van der Waals surface area (Å²) in [5.74, 6) is -0.413. The molecule has 6 heteroatoms. The summed E-state index contributed by atoms with van der Waals surface area (Å²) in [6, 6.07) is 15.3. The molecule has 3 aromatic rings. The molecule has 2 nitrogen and oxygen atoms in total. The van der Waals surface area contributed by atoms with Crippen LogP contribution in [0.1, 0.15) is 147 Å². The number of alkyl halides is 3. The molecular formula is C40H58F4N2. The Morgan fingerprint density at radius 1 is 0.652 bits per heavy atom. The van der Waals surface area contributed by atoms with E-state index in [2.05, 4.69) is 18.8 Å². The molecule has 1 unspecified atom stereocenters. The standard InChI is InChI=1S/C40H58F4N2/c1-3-5-7-9-11-13-15-19-27-38(34-22-21-23-35(41)30-34,28-20-16-14-12-10-8-6-4-2)32-39(45,40(42,43)44)31-33-26-29-46-37-25-18-17-24-36(33)37/h17-18,21-26,29-30H,3-16,19-20,27-28,31-32,45H2,1-2H3. The van der Waals surface area contributed by atoms with E-state index in [9.17, 15) is 4.39 Å². The van der Waals surface area contributed by atoms with Gasteiger partial charge in [0.1, 0.15) is 11.4 Å². The number of hydrogen-bond acceptors (Lipinski definition) is 2. The number of aromatic nitrogens is 1. The highest BCUT2D eigenvalue weighted by molar-refractivity contribution is 5.82. The van der Waals surface area contributed by atoms with E-state index in [-0.39, 0.29) is 12.8 Å². The predicted molar refractivity (Wildman–Crippen MR) is 186 cm³/mol. The highest BCUT2D eigenvalue weighted by Gasteiger charge is 2.55. The first-order valence-corrected chi connectivity index (χ1v) is 18.1. The predicted octanol–water partition coefficient (Wildman–Crippen LogP) is 12.6. The summed E-state index contributed by atoms with van der Waals surface area (Å²) >= 11 is 0. The van der Waals surface area contributed by atoms with E-state index >= 15 is 13.2 Å². The second-order valence-corrected chi connectivity index (χ2v) is 13.7. The number of fused-ring (bicyclic) bond motifs is 1. The minimum atomic E-state index is -4.66. The van der Waals surface area contributed by atoms with Gasteiger partial charge in [0.05, 0.1) is 5.52 Å². The molecule has 46 heavy (non-hydrogen) atoms. The van der Waals surface area contributed by atoms with E-state index in [1.807, 2.05) is 30.3 Å². The fourth-order valence-electron chi connectivity index (χ4n) is 7.22. The molecule has 3 rings (SSSR count). The van der Waals surface area contributed by atoms with Crippen molar-refractivity contribution in [2.75, 3.05) is 0 Å². The van der Waals surface area contributed by atoms with Crippen LogP contribution in [0.2, 0.25) is 0 Å². The van der Waals surface area contributed by atoms with E-state index in [1.54, 1.807) is 18.3 Å². The van der Waals surface area contributed by atoms with E-state index < -0.39 is 22.9 Å². The Labute approximate surface area is 276 Å². The van der Waals surface area contributed by atoms with Crippen molar-refractivity contribution in [1.29, 1.82) is 0 Å². The Bertz CT molecular complexity index is 1250. The van der Waals surface area contributed by atoms with Gasteiger partial charge in [-0.3, -0.25) is 4.98 Å². The molecule has 1 aromatic heterocycles. The average molecular weight is 643 g/mol. The summed E-state index contributed by atoms with van der Waals surface area (Å²) in [6.07, 6.45) is 15.1. The molecule has 0 fully saturated rings. The molecule has 0 saturated heterocycles. The molecule has 0 radical (unpaired) electrons. The van der Waals surface area contributed by atoms with Gasteiger partial charge in [0, 0.05) is 11.6 Å². The molecule has 2 aromatic carbocycles. The van der Waals surface area contributed by atoms with Crippen molar-refractivity contribution >= 4 is 10.9 Å². The van der Waals surface area contributed by atoms with E-state index in [0.717, 1.165) is 51.4 Å². The second-order valence-electron chi connectivity index (χ2n) is 13.7. The van der Waals surface area contributed by atoms with Crippen LogP contribution in [-0.2, 0) is 11.8 Å². The number of nitrogens with zero attached hydrogens (tertiary/aromatic N) is 1. The molecule has 1 atom stereocenters. The largest absolute Gasteiger partial charge is 0.406 e. The third kappa shape index (κ3) is 11.6. The SMILES string of the molecule is CCCCCCCCCCC(CCCCCCCCCC)(CC(N)(Cc1ccnc2ccccc12)C(F)(F)F)c1cccc(F)c1. The van der Waals surface area contributed by atoms with Gasteiger partial charge in [-0.05, 0) is 66.5 Å². The van der Waals surface area contributed by atoms with Gasteiger partial charge < -0.3 is 5.73 Å². The van der Waals surface area contributed by atoms with Crippen LogP contribution in [-0.4, -0.2) is 16.7 Å². The van der Waals surface area contributed by atoms with Gasteiger partial charge >= 0.3 is 6.18 Å². The number of unbranched alkanes of at least 4 members (excludes halogenated alkanes) is 14. The van der Waals surface area contributed by atoms with Crippen LogP contribution in [0.4, 0.5) is 17.6 Å². The zero-order valence-electron chi connectivity index (χ0n) is 28.5. The number of nitrogens with two attached hydrogens (primary N) is 1. The highest BCUT2D eigenvalue weighted by Crippen LogP contribution is 2.47. The Balaban J connectivity index is 1.92. The van der Waals surface area contributed by atoms with Gasteiger partial charge in [-0.1, -0.05) is 147 Å². The quantitative estimate of drug-likeness (QED) is 0.0826. The zero-order chi connectivity index (χ0) is 33.3. The maximum atomic E-state index is 15.3. The van der Waals surface area contributed by atoms with E-state index in [4.69, 9.17) is 5.73 Å². The van der Waals surface area contributed by atoms with Crippen LogP contribution in [0.5, 0.6) is 0 Å². The molecule has 0 bridgehead atoms. The van der Waals surface area contributed by atoms with Crippen LogP contribution in [0.15, 0.2) is 60.8 Å². The van der Waals surface area contributed by atoms with Gasteiger partial charge in [-0.15, -0.1) is 0 Å². The van der Waals surface area contributed by atoms with Crippen molar-refractivity contribution in [3.05, 3.63) is 77.7 Å². The van der Waals surface area contributed by atoms with Crippen molar-refractivity contribution < 1.29 is 17.6 Å². The van der Waals surface area contributed by atoms with Crippen molar-refractivity contribution in [1.82, 2.24) is 4.98 Å². The fraction of sp³-hybridized carbons (Fsp3) is 0.625. The Hall–Kier alpha value is -2.47. The normalized spacial score (nSPS) is 13.7. The number of pyridine rings is 1. The van der Waals surface area contributed by atoms with Gasteiger partial charge in [-0.2, -0.15) is 13.2 Å². The summed E-state index contributed by atoms with van der Waals surface area (Å²) in [4.78, 5) is 4.36. The lowest BCUT2D eigenvalue weighted by Gasteiger charge is -2.44. The molecule has 0 saturated carbocycles. The summed E-state index contributed by atoms with van der Waals surface area (Å²) in [5, 5.41) is 0.687. The Morgan fingerprint density at radius 3 is 1.74 bits per heavy atom.